The molecule has 0 radical (unpaired) electrons. The molecule has 0 spiro atoms. The first-order valence-corrected chi connectivity index (χ1v) is 6.62. The Morgan fingerprint density at radius 1 is 1.00 bits per heavy atom. The van der Waals surface area contributed by atoms with Gasteiger partial charge in [-0.15, -0.1) is 0 Å². The van der Waals surface area contributed by atoms with Crippen LogP contribution >= 0.6 is 0 Å². The van der Waals surface area contributed by atoms with Gasteiger partial charge in [0.05, 0.1) is 0 Å². The summed E-state index contributed by atoms with van der Waals surface area (Å²) >= 11 is 0. The molecule has 1 aromatic rings. The summed E-state index contributed by atoms with van der Waals surface area (Å²) in [6.45, 7) is 5.31. The molecule has 4 heteroatoms. The summed E-state index contributed by atoms with van der Waals surface area (Å²) in [6.07, 6.45) is 0.916. The van der Waals surface area contributed by atoms with E-state index in [1.54, 1.807) is 48.2 Å². The quantitative estimate of drug-likeness (QED) is 0.816. The van der Waals surface area contributed by atoms with Crippen LogP contribution in [-0.4, -0.2) is 48.8 Å². The lowest BCUT2D eigenvalue weighted by Crippen LogP contribution is -2.29. The van der Waals surface area contributed by atoms with Gasteiger partial charge in [-0.2, -0.15) is 0 Å². The van der Waals surface area contributed by atoms with Crippen LogP contribution in [0.3, 0.4) is 0 Å². The van der Waals surface area contributed by atoms with Crippen LogP contribution in [0.1, 0.15) is 41.0 Å². The van der Waals surface area contributed by atoms with Gasteiger partial charge in [0.1, 0.15) is 0 Å². The minimum atomic E-state index is -0.0599. The zero-order chi connectivity index (χ0) is 14.4. The molecule has 2 amide bonds. The molecule has 0 heterocycles. The van der Waals surface area contributed by atoms with Gasteiger partial charge >= 0.3 is 0 Å². The molecule has 0 N–H and O–H groups in total. The molecular weight excluding hydrogens is 240 g/mol. The Hall–Kier alpha value is -1.84. The number of carbonyl (C=O) groups is 2. The Balaban J connectivity index is 2.94. The summed E-state index contributed by atoms with van der Waals surface area (Å²) in [6, 6.07) is 6.91. The number of nitrogens with zero attached hydrogens (tertiary/aromatic N) is 2. The van der Waals surface area contributed by atoms with Crippen molar-refractivity contribution < 1.29 is 9.59 Å². The third kappa shape index (κ3) is 3.81. The molecule has 1 rings (SSSR count). The largest absolute Gasteiger partial charge is 0.342 e. The third-order valence-corrected chi connectivity index (χ3v) is 3.08. The second kappa shape index (κ2) is 6.92. The van der Waals surface area contributed by atoms with Crippen LogP contribution in [0.5, 0.6) is 0 Å². The van der Waals surface area contributed by atoms with E-state index in [-0.39, 0.29) is 11.8 Å². The molecule has 1 aromatic carbocycles. The second-order valence-corrected chi connectivity index (χ2v) is 4.63. The normalized spacial score (nSPS) is 10.1. The average molecular weight is 262 g/mol. The topological polar surface area (TPSA) is 40.6 Å². The van der Waals surface area contributed by atoms with Gasteiger partial charge in [-0.25, -0.2) is 0 Å². The van der Waals surface area contributed by atoms with E-state index in [4.69, 9.17) is 0 Å². The summed E-state index contributed by atoms with van der Waals surface area (Å²) in [5.41, 5.74) is 1.12. The molecule has 4 nitrogen and oxygen atoms in total. The van der Waals surface area contributed by atoms with E-state index in [1.807, 2.05) is 13.8 Å². The number of benzene rings is 1. The Morgan fingerprint density at radius 3 is 2.00 bits per heavy atom. The molecule has 104 valence electrons. The van der Waals surface area contributed by atoms with Crippen LogP contribution in [0.2, 0.25) is 0 Å². The van der Waals surface area contributed by atoms with Crippen molar-refractivity contribution in [3.63, 3.8) is 0 Å². The number of carbonyl (C=O) groups excluding carboxylic acids is 2. The second-order valence-electron chi connectivity index (χ2n) is 4.63. The van der Waals surface area contributed by atoms with Crippen LogP contribution in [-0.2, 0) is 0 Å². The highest BCUT2D eigenvalue weighted by Gasteiger charge is 2.15. The molecular formula is C15H22N2O2. The van der Waals surface area contributed by atoms with Gasteiger partial charge in [0.25, 0.3) is 11.8 Å². The van der Waals surface area contributed by atoms with Crippen LogP contribution in [0.4, 0.5) is 0 Å². The van der Waals surface area contributed by atoms with Gasteiger partial charge in [-0.1, -0.05) is 13.0 Å². The molecule has 0 fully saturated rings. The molecule has 0 atom stereocenters. The van der Waals surface area contributed by atoms with Crippen molar-refractivity contribution in [2.24, 2.45) is 0 Å². The Labute approximate surface area is 115 Å². The average Bonchev–Trinajstić information content (AvgIpc) is 2.45. The number of rotatable bonds is 5. The molecule has 0 saturated heterocycles. The fraction of sp³-hybridized carbons (Fsp3) is 0.467. The maximum atomic E-state index is 12.1. The molecule has 0 bridgehead atoms. The lowest BCUT2D eigenvalue weighted by Gasteiger charge is -2.18. The minimum Gasteiger partial charge on any atom is -0.342 e. The molecule has 0 aliphatic carbocycles. The van der Waals surface area contributed by atoms with Gasteiger partial charge in [-0.3, -0.25) is 9.59 Å². The fourth-order valence-electron chi connectivity index (χ4n) is 1.81. The predicted molar refractivity (Wildman–Crippen MR) is 76.3 cm³/mol. The summed E-state index contributed by atoms with van der Waals surface area (Å²) in [5, 5.41) is 0. The number of hydrogen-bond donors (Lipinski definition) is 0. The van der Waals surface area contributed by atoms with E-state index in [9.17, 15) is 9.59 Å². The molecule has 0 unspecified atom stereocenters. The van der Waals surface area contributed by atoms with E-state index in [2.05, 4.69) is 0 Å². The first-order valence-electron chi connectivity index (χ1n) is 6.62. The van der Waals surface area contributed by atoms with Crippen molar-refractivity contribution in [3.05, 3.63) is 35.4 Å². The van der Waals surface area contributed by atoms with E-state index < -0.39 is 0 Å². The lowest BCUT2D eigenvalue weighted by atomic mass is 10.1. The van der Waals surface area contributed by atoms with Gasteiger partial charge in [0.2, 0.25) is 0 Å². The van der Waals surface area contributed by atoms with Crippen LogP contribution in [0, 0.1) is 0 Å². The zero-order valence-corrected chi connectivity index (χ0v) is 12.1. The first kappa shape index (κ1) is 15.2. The lowest BCUT2D eigenvalue weighted by molar-refractivity contribution is 0.0795. The van der Waals surface area contributed by atoms with Gasteiger partial charge in [-0.05, 0) is 31.5 Å². The Kier molecular flexibility index (Phi) is 5.55. The van der Waals surface area contributed by atoms with Crippen LogP contribution in [0.15, 0.2) is 24.3 Å². The molecule has 0 aromatic heterocycles. The highest BCUT2D eigenvalue weighted by molar-refractivity contribution is 5.99. The molecule has 0 aliphatic heterocycles. The highest BCUT2D eigenvalue weighted by Crippen LogP contribution is 2.10. The van der Waals surface area contributed by atoms with Crippen LogP contribution < -0.4 is 0 Å². The maximum absolute atomic E-state index is 12.1. The van der Waals surface area contributed by atoms with Crippen molar-refractivity contribution in [1.29, 1.82) is 0 Å². The van der Waals surface area contributed by atoms with Gasteiger partial charge < -0.3 is 9.80 Å². The SMILES string of the molecule is CCCN(C)C(=O)c1cccc(C(=O)N(C)CC)c1. The van der Waals surface area contributed by atoms with Crippen molar-refractivity contribution in [3.8, 4) is 0 Å². The van der Waals surface area contributed by atoms with Crippen molar-refractivity contribution >= 4 is 11.8 Å². The molecule has 0 aliphatic rings. The molecule has 19 heavy (non-hydrogen) atoms. The van der Waals surface area contributed by atoms with Crippen LogP contribution in [0.25, 0.3) is 0 Å². The van der Waals surface area contributed by atoms with E-state index >= 15 is 0 Å². The predicted octanol–water partition coefficient (Wildman–Crippen LogP) is 2.26. The summed E-state index contributed by atoms with van der Waals surface area (Å²) in [4.78, 5) is 27.5. The summed E-state index contributed by atoms with van der Waals surface area (Å²) in [7, 11) is 3.53. The Morgan fingerprint density at radius 2 is 1.53 bits per heavy atom. The van der Waals surface area contributed by atoms with Gasteiger partial charge in [0, 0.05) is 38.3 Å². The standard InChI is InChI=1S/C15H22N2O2/c1-5-10-17(4)15(19)13-9-7-8-12(11-13)14(18)16(3)6-2/h7-9,11H,5-6,10H2,1-4H3. The third-order valence-electron chi connectivity index (χ3n) is 3.08. The molecule has 0 saturated carbocycles. The Bertz CT molecular complexity index is 457. The highest BCUT2D eigenvalue weighted by atomic mass is 16.2. The summed E-state index contributed by atoms with van der Waals surface area (Å²) in [5.74, 6) is -0.106. The number of hydrogen-bond acceptors (Lipinski definition) is 2. The van der Waals surface area contributed by atoms with Crippen molar-refractivity contribution in [2.75, 3.05) is 27.2 Å². The van der Waals surface area contributed by atoms with E-state index in [0.29, 0.717) is 24.2 Å². The summed E-state index contributed by atoms with van der Waals surface area (Å²) < 4.78 is 0. The van der Waals surface area contributed by atoms with Crippen molar-refractivity contribution in [2.45, 2.75) is 20.3 Å². The van der Waals surface area contributed by atoms with Crippen molar-refractivity contribution in [1.82, 2.24) is 9.80 Å². The smallest absolute Gasteiger partial charge is 0.253 e. The maximum Gasteiger partial charge on any atom is 0.253 e. The minimum absolute atomic E-state index is 0.0457. The zero-order valence-electron chi connectivity index (χ0n) is 12.1. The van der Waals surface area contributed by atoms with E-state index in [0.717, 1.165) is 6.42 Å². The first-order chi connectivity index (χ1) is 9.01. The number of amides is 2. The fourth-order valence-corrected chi connectivity index (χ4v) is 1.81. The monoisotopic (exact) mass is 262 g/mol. The van der Waals surface area contributed by atoms with E-state index in [1.165, 1.54) is 0 Å². The van der Waals surface area contributed by atoms with Gasteiger partial charge in [0.15, 0.2) is 0 Å².